The number of benzene rings is 1. The van der Waals surface area contributed by atoms with Crippen molar-refractivity contribution in [2.75, 3.05) is 10.6 Å². The second-order valence-corrected chi connectivity index (χ2v) is 7.20. The van der Waals surface area contributed by atoms with Crippen LogP contribution in [0.1, 0.15) is 44.0 Å². The summed E-state index contributed by atoms with van der Waals surface area (Å²) in [6, 6.07) is 12.7. The Hall–Kier alpha value is -3.15. The molecule has 0 radical (unpaired) electrons. The predicted octanol–water partition coefficient (Wildman–Crippen LogP) is 3.84. The first-order valence-corrected chi connectivity index (χ1v) is 8.42. The Labute approximate surface area is 152 Å². The molecule has 6 nitrogen and oxygen atoms in total. The monoisotopic (exact) mass is 350 g/mol. The van der Waals surface area contributed by atoms with Gasteiger partial charge in [-0.05, 0) is 36.4 Å². The van der Waals surface area contributed by atoms with Gasteiger partial charge in [0, 0.05) is 29.9 Å². The van der Waals surface area contributed by atoms with Crippen molar-refractivity contribution in [3.8, 4) is 0 Å². The molecule has 6 heteroatoms. The van der Waals surface area contributed by atoms with Crippen molar-refractivity contribution >= 4 is 28.7 Å². The number of nitrogens with zero attached hydrogens (tertiary/aromatic N) is 2. The lowest BCUT2D eigenvalue weighted by Gasteiger charge is -2.16. The number of anilines is 2. The molecule has 26 heavy (non-hydrogen) atoms. The van der Waals surface area contributed by atoms with Gasteiger partial charge in [-0.25, -0.2) is 4.98 Å². The van der Waals surface area contributed by atoms with E-state index >= 15 is 0 Å². The molecule has 3 rings (SSSR count). The standard InChI is InChI=1S/C20H22N4O2/c1-13(25)21-14-8-10-15(11-9-14)22-18(26)17-16-7-5-6-12-24(16)19(23-17)20(2,3)4/h5-12H,1-4H3,(H,21,25)(H,22,26). The van der Waals surface area contributed by atoms with Crippen LogP contribution in [0.5, 0.6) is 0 Å². The van der Waals surface area contributed by atoms with E-state index in [0.717, 1.165) is 11.3 Å². The molecule has 2 aromatic heterocycles. The summed E-state index contributed by atoms with van der Waals surface area (Å²) in [5, 5.41) is 5.56. The maximum absolute atomic E-state index is 12.8. The molecule has 0 aliphatic carbocycles. The molecule has 0 saturated heterocycles. The van der Waals surface area contributed by atoms with Gasteiger partial charge in [0.05, 0.1) is 5.52 Å². The van der Waals surface area contributed by atoms with Gasteiger partial charge in [0.2, 0.25) is 5.91 Å². The molecule has 134 valence electrons. The summed E-state index contributed by atoms with van der Waals surface area (Å²) in [6.07, 6.45) is 1.92. The topological polar surface area (TPSA) is 75.5 Å². The van der Waals surface area contributed by atoms with Crippen LogP contribution in [-0.2, 0) is 10.2 Å². The van der Waals surface area contributed by atoms with Crippen molar-refractivity contribution < 1.29 is 9.59 Å². The Bertz CT molecular complexity index is 966. The van der Waals surface area contributed by atoms with Crippen LogP contribution in [0.4, 0.5) is 11.4 Å². The largest absolute Gasteiger partial charge is 0.326 e. The molecule has 0 aliphatic rings. The van der Waals surface area contributed by atoms with Gasteiger partial charge >= 0.3 is 0 Å². The van der Waals surface area contributed by atoms with Gasteiger partial charge in [0.25, 0.3) is 5.91 Å². The molecule has 0 bridgehead atoms. The molecule has 0 spiro atoms. The molecule has 2 heterocycles. The van der Waals surface area contributed by atoms with Crippen molar-refractivity contribution in [1.82, 2.24) is 9.38 Å². The molecule has 0 fully saturated rings. The average molecular weight is 350 g/mol. The summed E-state index contributed by atoms with van der Waals surface area (Å²) >= 11 is 0. The van der Waals surface area contributed by atoms with Gasteiger partial charge in [-0.1, -0.05) is 26.8 Å². The fourth-order valence-corrected chi connectivity index (χ4v) is 2.76. The Morgan fingerprint density at radius 3 is 2.15 bits per heavy atom. The lowest BCUT2D eigenvalue weighted by molar-refractivity contribution is -0.114. The summed E-state index contributed by atoms with van der Waals surface area (Å²) in [5.41, 5.74) is 2.28. The first-order chi connectivity index (χ1) is 12.3. The third-order valence-electron chi connectivity index (χ3n) is 3.90. The summed E-state index contributed by atoms with van der Waals surface area (Å²) in [4.78, 5) is 28.5. The van der Waals surface area contributed by atoms with Crippen molar-refractivity contribution in [3.63, 3.8) is 0 Å². The van der Waals surface area contributed by atoms with E-state index in [1.165, 1.54) is 6.92 Å². The molecule has 3 aromatic rings. The minimum absolute atomic E-state index is 0.138. The fraction of sp³-hybridized carbons (Fsp3) is 0.250. The molecular weight excluding hydrogens is 328 g/mol. The highest BCUT2D eigenvalue weighted by Crippen LogP contribution is 2.25. The number of rotatable bonds is 3. The van der Waals surface area contributed by atoms with E-state index in [9.17, 15) is 9.59 Å². The van der Waals surface area contributed by atoms with Crippen LogP contribution < -0.4 is 10.6 Å². The number of carbonyl (C=O) groups excluding carboxylic acids is 2. The molecule has 0 atom stereocenters. The highest BCUT2D eigenvalue weighted by atomic mass is 16.2. The van der Waals surface area contributed by atoms with E-state index in [-0.39, 0.29) is 17.2 Å². The second kappa shape index (κ2) is 6.63. The van der Waals surface area contributed by atoms with E-state index in [2.05, 4.69) is 36.4 Å². The number of hydrogen-bond acceptors (Lipinski definition) is 3. The zero-order chi connectivity index (χ0) is 18.9. The quantitative estimate of drug-likeness (QED) is 0.753. The number of amides is 2. The van der Waals surface area contributed by atoms with Gasteiger partial charge in [0.15, 0.2) is 5.69 Å². The highest BCUT2D eigenvalue weighted by molar-refractivity contribution is 6.07. The summed E-state index contributed by atoms with van der Waals surface area (Å²) in [7, 11) is 0. The van der Waals surface area contributed by atoms with Crippen molar-refractivity contribution in [2.45, 2.75) is 33.1 Å². The van der Waals surface area contributed by atoms with Crippen LogP contribution >= 0.6 is 0 Å². The Balaban J connectivity index is 1.90. The van der Waals surface area contributed by atoms with E-state index in [4.69, 9.17) is 0 Å². The summed E-state index contributed by atoms with van der Waals surface area (Å²) in [6.45, 7) is 7.65. The van der Waals surface area contributed by atoms with Crippen LogP contribution in [0, 0.1) is 0 Å². The third-order valence-corrected chi connectivity index (χ3v) is 3.90. The number of hydrogen-bond donors (Lipinski definition) is 2. The third kappa shape index (κ3) is 3.59. The van der Waals surface area contributed by atoms with Crippen molar-refractivity contribution in [3.05, 3.63) is 60.2 Å². The molecule has 0 unspecified atom stereocenters. The van der Waals surface area contributed by atoms with Gasteiger partial charge in [-0.3, -0.25) is 9.59 Å². The lowest BCUT2D eigenvalue weighted by Crippen LogP contribution is -2.16. The molecule has 0 aliphatic heterocycles. The van der Waals surface area contributed by atoms with Crippen molar-refractivity contribution in [2.24, 2.45) is 0 Å². The van der Waals surface area contributed by atoms with E-state index in [1.54, 1.807) is 24.3 Å². The van der Waals surface area contributed by atoms with Gasteiger partial charge in [-0.2, -0.15) is 0 Å². The number of fused-ring (bicyclic) bond motifs is 1. The van der Waals surface area contributed by atoms with Crippen LogP contribution in [-0.4, -0.2) is 21.2 Å². The Kier molecular flexibility index (Phi) is 4.50. The number of carbonyl (C=O) groups is 2. The average Bonchev–Trinajstić information content (AvgIpc) is 2.96. The summed E-state index contributed by atoms with van der Waals surface area (Å²) < 4.78 is 1.95. The molecular formula is C20H22N4O2. The molecule has 2 N–H and O–H groups in total. The smallest absolute Gasteiger partial charge is 0.276 e. The second-order valence-electron chi connectivity index (χ2n) is 7.20. The molecule has 1 aromatic carbocycles. The minimum atomic E-state index is -0.267. The van der Waals surface area contributed by atoms with Gasteiger partial charge < -0.3 is 15.0 Å². The number of nitrogens with one attached hydrogen (secondary N) is 2. The maximum atomic E-state index is 12.8. The molecule has 0 saturated carbocycles. The normalized spacial score (nSPS) is 11.4. The Morgan fingerprint density at radius 1 is 0.962 bits per heavy atom. The zero-order valence-electron chi connectivity index (χ0n) is 15.3. The van der Waals surface area contributed by atoms with Gasteiger partial charge in [0.1, 0.15) is 5.82 Å². The SMILES string of the molecule is CC(=O)Nc1ccc(NC(=O)c2nc(C(C)(C)C)n3ccccc23)cc1. The van der Waals surface area contributed by atoms with Crippen LogP contribution in [0.15, 0.2) is 48.7 Å². The number of pyridine rings is 1. The first-order valence-electron chi connectivity index (χ1n) is 8.42. The van der Waals surface area contributed by atoms with Crippen LogP contribution in [0.25, 0.3) is 5.52 Å². The van der Waals surface area contributed by atoms with Gasteiger partial charge in [-0.15, -0.1) is 0 Å². The number of aromatic nitrogens is 2. The number of imidazole rings is 1. The predicted molar refractivity (Wildman–Crippen MR) is 103 cm³/mol. The lowest BCUT2D eigenvalue weighted by atomic mass is 9.96. The summed E-state index contributed by atoms with van der Waals surface area (Å²) in [5.74, 6) is 0.428. The molecule has 2 amide bonds. The highest BCUT2D eigenvalue weighted by Gasteiger charge is 2.25. The maximum Gasteiger partial charge on any atom is 0.276 e. The first kappa shape index (κ1) is 17.7. The van der Waals surface area contributed by atoms with Crippen LogP contribution in [0.2, 0.25) is 0 Å². The zero-order valence-corrected chi connectivity index (χ0v) is 15.3. The fourth-order valence-electron chi connectivity index (χ4n) is 2.76. The Morgan fingerprint density at radius 2 is 1.58 bits per heavy atom. The van der Waals surface area contributed by atoms with E-state index in [0.29, 0.717) is 17.1 Å². The van der Waals surface area contributed by atoms with Crippen molar-refractivity contribution in [1.29, 1.82) is 0 Å². The van der Waals surface area contributed by atoms with E-state index < -0.39 is 0 Å². The van der Waals surface area contributed by atoms with Crippen LogP contribution in [0.3, 0.4) is 0 Å². The minimum Gasteiger partial charge on any atom is -0.326 e. The van der Waals surface area contributed by atoms with E-state index in [1.807, 2.05) is 28.8 Å².